The van der Waals surface area contributed by atoms with E-state index in [1.54, 1.807) is 12.1 Å². The average Bonchev–Trinajstić information content (AvgIpc) is 2.67. The third-order valence-corrected chi connectivity index (χ3v) is 3.97. The van der Waals surface area contributed by atoms with E-state index in [1.165, 1.54) is 25.0 Å². The van der Waals surface area contributed by atoms with Gasteiger partial charge < -0.3 is 0 Å². The number of ketones is 1. The molecule has 1 aliphatic rings. The minimum absolute atomic E-state index is 0.181. The first-order chi connectivity index (χ1) is 9.01. The molecule has 0 fully saturated rings. The Hall–Kier alpha value is -1.44. The van der Waals surface area contributed by atoms with Crippen molar-refractivity contribution in [3.63, 3.8) is 0 Å². The summed E-state index contributed by atoms with van der Waals surface area (Å²) in [4.78, 5) is 12.7. The largest absolute Gasteiger partial charge is 0.294 e. The van der Waals surface area contributed by atoms with Crippen LogP contribution < -0.4 is 0 Å². The number of halogens is 1. The summed E-state index contributed by atoms with van der Waals surface area (Å²) in [5.41, 5.74) is 1.25. The first kappa shape index (κ1) is 14.0. The molecule has 0 N–H and O–H groups in total. The van der Waals surface area contributed by atoms with Crippen LogP contribution in [0.3, 0.4) is 0 Å². The first-order valence-electron chi connectivity index (χ1n) is 7.01. The molecule has 0 unspecified atom stereocenters. The van der Waals surface area contributed by atoms with Crippen LogP contribution in [0.2, 0.25) is 0 Å². The van der Waals surface area contributed by atoms with Gasteiger partial charge in [-0.2, -0.15) is 0 Å². The van der Waals surface area contributed by atoms with Gasteiger partial charge in [-0.1, -0.05) is 24.6 Å². The zero-order valence-corrected chi connectivity index (χ0v) is 11.7. The average molecular weight is 260 g/mol. The van der Waals surface area contributed by atoms with E-state index in [0.29, 0.717) is 0 Å². The van der Waals surface area contributed by atoms with E-state index in [-0.39, 0.29) is 11.6 Å². The van der Waals surface area contributed by atoms with Gasteiger partial charge in [0.2, 0.25) is 0 Å². The molecular weight excluding hydrogens is 239 g/mol. The number of carbonyl (C=O) groups excluding carboxylic acids is 1. The quantitative estimate of drug-likeness (QED) is 0.778. The molecule has 0 amide bonds. The number of hydrogen-bond donors (Lipinski definition) is 0. The van der Waals surface area contributed by atoms with Crippen molar-refractivity contribution in [1.29, 1.82) is 0 Å². The summed E-state index contributed by atoms with van der Waals surface area (Å²) in [6.45, 7) is 3.85. The van der Waals surface area contributed by atoms with E-state index < -0.39 is 5.41 Å². The Labute approximate surface area is 114 Å². The number of hydrogen-bond acceptors (Lipinski definition) is 1. The summed E-state index contributed by atoms with van der Waals surface area (Å²) in [5.74, 6) is -0.0818. The molecule has 0 aromatic heterocycles. The van der Waals surface area contributed by atoms with Crippen molar-refractivity contribution in [3.05, 3.63) is 47.3 Å². The minimum Gasteiger partial charge on any atom is -0.294 e. The van der Waals surface area contributed by atoms with E-state index in [1.807, 2.05) is 13.8 Å². The van der Waals surface area contributed by atoms with Crippen molar-refractivity contribution < 1.29 is 9.18 Å². The Morgan fingerprint density at radius 3 is 2.47 bits per heavy atom. The van der Waals surface area contributed by atoms with Gasteiger partial charge in [-0.3, -0.25) is 4.79 Å². The second kappa shape index (κ2) is 5.68. The van der Waals surface area contributed by atoms with Crippen molar-refractivity contribution in [2.45, 2.75) is 51.4 Å². The number of benzene rings is 1. The van der Waals surface area contributed by atoms with Crippen LogP contribution in [0.4, 0.5) is 4.39 Å². The highest BCUT2D eigenvalue weighted by Crippen LogP contribution is 2.30. The highest BCUT2D eigenvalue weighted by Gasteiger charge is 2.31. The molecule has 0 spiro atoms. The van der Waals surface area contributed by atoms with E-state index in [4.69, 9.17) is 0 Å². The molecule has 1 aromatic carbocycles. The fourth-order valence-electron chi connectivity index (χ4n) is 2.62. The molecule has 0 bridgehead atoms. The van der Waals surface area contributed by atoms with Crippen molar-refractivity contribution in [2.75, 3.05) is 0 Å². The highest BCUT2D eigenvalue weighted by molar-refractivity contribution is 6.03. The van der Waals surface area contributed by atoms with Crippen LogP contribution in [-0.4, -0.2) is 5.78 Å². The maximum atomic E-state index is 13.0. The Balaban J connectivity index is 2.25. The third kappa shape index (κ3) is 3.12. The van der Waals surface area contributed by atoms with Crippen LogP contribution in [-0.2, 0) is 10.2 Å². The van der Waals surface area contributed by atoms with Gasteiger partial charge in [-0.25, -0.2) is 4.39 Å². The maximum Gasteiger partial charge on any atom is 0.168 e. The maximum absolute atomic E-state index is 13.0. The summed E-state index contributed by atoms with van der Waals surface area (Å²) in [7, 11) is 0. The lowest BCUT2D eigenvalue weighted by Gasteiger charge is -2.25. The fraction of sp³-hybridized carbons (Fsp3) is 0.471. The lowest BCUT2D eigenvalue weighted by molar-refractivity contribution is -0.120. The molecule has 102 valence electrons. The highest BCUT2D eigenvalue weighted by atomic mass is 19.1. The number of carbonyl (C=O) groups is 1. The monoisotopic (exact) mass is 260 g/mol. The Morgan fingerprint density at radius 2 is 1.79 bits per heavy atom. The summed E-state index contributed by atoms with van der Waals surface area (Å²) in [5, 5.41) is 0. The van der Waals surface area contributed by atoms with E-state index in [0.717, 1.165) is 30.4 Å². The molecule has 1 aliphatic carbocycles. The summed E-state index contributed by atoms with van der Waals surface area (Å²) < 4.78 is 13.0. The third-order valence-electron chi connectivity index (χ3n) is 3.97. The second-order valence-electron chi connectivity index (χ2n) is 5.79. The molecule has 19 heavy (non-hydrogen) atoms. The standard InChI is InChI=1S/C17H21FO/c1-17(2,14-9-11-15(18)12-10-14)16(19)13-7-5-3-4-6-8-13/h7,9-12H,3-6,8H2,1-2H3. The van der Waals surface area contributed by atoms with E-state index in [9.17, 15) is 9.18 Å². The number of Topliss-reactive ketones (excluding diaryl/α,β-unsaturated/α-hetero) is 1. The molecule has 0 saturated heterocycles. The van der Waals surface area contributed by atoms with Crippen molar-refractivity contribution >= 4 is 5.78 Å². The van der Waals surface area contributed by atoms with Gasteiger partial charge in [-0.05, 0) is 62.8 Å². The van der Waals surface area contributed by atoms with Gasteiger partial charge in [0, 0.05) is 0 Å². The van der Waals surface area contributed by atoms with Gasteiger partial charge in [0.05, 0.1) is 5.41 Å². The Kier molecular flexibility index (Phi) is 4.18. The lowest BCUT2D eigenvalue weighted by atomic mass is 9.77. The van der Waals surface area contributed by atoms with Gasteiger partial charge in [-0.15, -0.1) is 0 Å². The van der Waals surface area contributed by atoms with Crippen LogP contribution in [0.25, 0.3) is 0 Å². The molecule has 2 heteroatoms. The molecule has 0 radical (unpaired) electrons. The predicted molar refractivity (Wildman–Crippen MR) is 75.6 cm³/mol. The smallest absolute Gasteiger partial charge is 0.168 e. The van der Waals surface area contributed by atoms with E-state index >= 15 is 0 Å². The second-order valence-corrected chi connectivity index (χ2v) is 5.79. The van der Waals surface area contributed by atoms with Crippen molar-refractivity contribution in [2.24, 2.45) is 0 Å². The summed E-state index contributed by atoms with van der Waals surface area (Å²) in [6, 6.07) is 6.27. The fourth-order valence-corrected chi connectivity index (χ4v) is 2.62. The summed E-state index contributed by atoms with van der Waals surface area (Å²) in [6.07, 6.45) is 7.44. The zero-order chi connectivity index (χ0) is 13.9. The molecular formula is C17H21FO. The van der Waals surface area contributed by atoms with Crippen molar-refractivity contribution in [3.8, 4) is 0 Å². The predicted octanol–water partition coefficient (Wildman–Crippen LogP) is 4.56. The normalized spacial score (nSPS) is 16.7. The Morgan fingerprint density at radius 1 is 1.11 bits per heavy atom. The van der Waals surface area contributed by atoms with Gasteiger partial charge >= 0.3 is 0 Å². The number of allylic oxidation sites excluding steroid dienone is 2. The van der Waals surface area contributed by atoms with Gasteiger partial charge in [0.1, 0.15) is 5.82 Å². The van der Waals surface area contributed by atoms with Crippen molar-refractivity contribution in [1.82, 2.24) is 0 Å². The molecule has 0 atom stereocenters. The van der Waals surface area contributed by atoms with Crippen LogP contribution in [0.1, 0.15) is 51.5 Å². The van der Waals surface area contributed by atoms with E-state index in [2.05, 4.69) is 6.08 Å². The molecule has 0 heterocycles. The lowest BCUT2D eigenvalue weighted by Crippen LogP contribution is -2.30. The minimum atomic E-state index is -0.579. The van der Waals surface area contributed by atoms with Gasteiger partial charge in [0.15, 0.2) is 5.78 Å². The molecule has 1 aromatic rings. The summed E-state index contributed by atoms with van der Waals surface area (Å²) >= 11 is 0. The molecule has 0 aliphatic heterocycles. The molecule has 1 nitrogen and oxygen atoms in total. The molecule has 2 rings (SSSR count). The number of rotatable bonds is 3. The molecule has 0 saturated carbocycles. The zero-order valence-electron chi connectivity index (χ0n) is 11.7. The van der Waals surface area contributed by atoms with Crippen LogP contribution in [0.5, 0.6) is 0 Å². The Bertz CT molecular complexity index is 482. The van der Waals surface area contributed by atoms with Crippen LogP contribution >= 0.6 is 0 Å². The topological polar surface area (TPSA) is 17.1 Å². The first-order valence-corrected chi connectivity index (χ1v) is 7.01. The van der Waals surface area contributed by atoms with Crippen LogP contribution in [0, 0.1) is 5.82 Å². The van der Waals surface area contributed by atoms with Crippen LogP contribution in [0.15, 0.2) is 35.9 Å². The SMILES string of the molecule is CC(C)(C(=O)C1=CCCCCC1)c1ccc(F)cc1. The van der Waals surface area contributed by atoms with Gasteiger partial charge in [0.25, 0.3) is 0 Å².